The van der Waals surface area contributed by atoms with Gasteiger partial charge in [-0.15, -0.1) is 0 Å². The van der Waals surface area contributed by atoms with Crippen LogP contribution in [0.3, 0.4) is 0 Å². The summed E-state index contributed by atoms with van der Waals surface area (Å²) >= 11 is 5.35. The Bertz CT molecular complexity index is 379. The van der Waals surface area contributed by atoms with E-state index in [0.29, 0.717) is 6.07 Å². The van der Waals surface area contributed by atoms with Gasteiger partial charge in [-0.1, -0.05) is 11.6 Å². The monoisotopic (exact) mass is 224 g/mol. The van der Waals surface area contributed by atoms with Crippen molar-refractivity contribution in [2.24, 2.45) is 0 Å². The molecule has 0 bridgehead atoms. The van der Waals surface area contributed by atoms with Crippen LogP contribution in [0.15, 0.2) is 12.1 Å². The van der Waals surface area contributed by atoms with Crippen LogP contribution in [0.25, 0.3) is 0 Å². The molecule has 0 aliphatic heterocycles. The van der Waals surface area contributed by atoms with Gasteiger partial charge in [0.1, 0.15) is 5.82 Å². The van der Waals surface area contributed by atoms with Crippen LogP contribution in [0.4, 0.5) is 13.2 Å². The highest BCUT2D eigenvalue weighted by molar-refractivity contribution is 6.31. The van der Waals surface area contributed by atoms with Crippen molar-refractivity contribution >= 4 is 17.6 Å². The summed E-state index contributed by atoms with van der Waals surface area (Å²) in [6.45, 7) is 0. The van der Waals surface area contributed by atoms with Gasteiger partial charge in [-0.25, -0.2) is 18.0 Å². The largest absolute Gasteiger partial charge is 0.478 e. The Morgan fingerprint density at radius 2 is 2.00 bits per heavy atom. The van der Waals surface area contributed by atoms with Gasteiger partial charge < -0.3 is 5.11 Å². The molecule has 0 spiro atoms. The van der Waals surface area contributed by atoms with Gasteiger partial charge in [0.15, 0.2) is 0 Å². The van der Waals surface area contributed by atoms with Crippen LogP contribution in [0.1, 0.15) is 22.3 Å². The fourth-order valence-corrected chi connectivity index (χ4v) is 1.15. The number of alkyl halides is 2. The molecular formula is C8H4ClF3O2. The van der Waals surface area contributed by atoms with Crippen LogP contribution in [-0.2, 0) is 0 Å². The Balaban J connectivity index is 3.40. The second-order valence-electron chi connectivity index (χ2n) is 2.46. The Labute approximate surface area is 81.9 Å². The van der Waals surface area contributed by atoms with E-state index in [1.165, 1.54) is 0 Å². The zero-order valence-electron chi connectivity index (χ0n) is 6.60. The van der Waals surface area contributed by atoms with Crippen LogP contribution >= 0.6 is 11.6 Å². The average Bonchev–Trinajstić information content (AvgIpc) is 2.07. The molecule has 0 aromatic heterocycles. The first-order valence-corrected chi connectivity index (χ1v) is 3.81. The third kappa shape index (κ3) is 1.98. The molecule has 1 N–H and O–H groups in total. The van der Waals surface area contributed by atoms with E-state index in [2.05, 4.69) is 0 Å². The van der Waals surface area contributed by atoms with E-state index in [0.717, 1.165) is 6.07 Å². The average molecular weight is 225 g/mol. The first-order chi connectivity index (χ1) is 6.43. The lowest BCUT2D eigenvalue weighted by Gasteiger charge is -2.05. The highest BCUT2D eigenvalue weighted by atomic mass is 35.5. The second-order valence-corrected chi connectivity index (χ2v) is 2.90. The molecule has 0 heterocycles. The number of carboxylic acid groups (broad SMARTS) is 1. The van der Waals surface area contributed by atoms with Crippen molar-refractivity contribution in [1.29, 1.82) is 0 Å². The highest BCUT2D eigenvalue weighted by Crippen LogP contribution is 2.27. The van der Waals surface area contributed by atoms with Crippen LogP contribution in [0, 0.1) is 5.82 Å². The third-order valence-electron chi connectivity index (χ3n) is 1.53. The van der Waals surface area contributed by atoms with E-state index in [-0.39, 0.29) is 5.02 Å². The van der Waals surface area contributed by atoms with Gasteiger partial charge in [-0.05, 0) is 12.1 Å². The minimum atomic E-state index is -3.09. The maximum atomic E-state index is 13.0. The molecule has 0 aliphatic carbocycles. The van der Waals surface area contributed by atoms with Gasteiger partial charge in [0, 0.05) is 5.02 Å². The van der Waals surface area contributed by atoms with Crippen LogP contribution in [-0.4, -0.2) is 11.1 Å². The molecule has 0 unspecified atom stereocenters. The van der Waals surface area contributed by atoms with Gasteiger partial charge in [0.05, 0.1) is 11.1 Å². The van der Waals surface area contributed by atoms with Gasteiger partial charge in [-0.2, -0.15) is 0 Å². The maximum absolute atomic E-state index is 13.0. The molecule has 0 aliphatic rings. The van der Waals surface area contributed by atoms with Crippen LogP contribution in [0.5, 0.6) is 0 Å². The van der Waals surface area contributed by atoms with Crippen molar-refractivity contribution in [3.05, 3.63) is 34.1 Å². The molecule has 0 fully saturated rings. The Hall–Kier alpha value is -1.23. The molecule has 0 saturated heterocycles. The lowest BCUT2D eigenvalue weighted by molar-refractivity contribution is 0.0690. The topological polar surface area (TPSA) is 37.3 Å². The maximum Gasteiger partial charge on any atom is 0.338 e. The lowest BCUT2D eigenvalue weighted by Crippen LogP contribution is -2.04. The van der Waals surface area contributed by atoms with Gasteiger partial charge in [-0.3, -0.25) is 0 Å². The molecule has 1 aromatic rings. The Morgan fingerprint density at radius 1 is 1.43 bits per heavy atom. The van der Waals surface area contributed by atoms with Crippen molar-refractivity contribution in [2.45, 2.75) is 6.43 Å². The second kappa shape index (κ2) is 3.88. The zero-order chi connectivity index (χ0) is 10.9. The molecular weight excluding hydrogens is 221 g/mol. The smallest absolute Gasteiger partial charge is 0.338 e. The van der Waals surface area contributed by atoms with Gasteiger partial charge in [0.25, 0.3) is 6.43 Å². The number of carboxylic acids is 1. The zero-order valence-corrected chi connectivity index (χ0v) is 7.36. The molecule has 2 nitrogen and oxygen atoms in total. The quantitative estimate of drug-likeness (QED) is 0.838. The molecule has 0 radical (unpaired) electrons. The number of rotatable bonds is 2. The standard InChI is InChI=1S/C8H4ClF3O2/c9-3-1-4(7(11)12)6(10)5(2-3)8(13)14/h1-2,7H,(H,13,14). The van der Waals surface area contributed by atoms with Crippen molar-refractivity contribution in [1.82, 2.24) is 0 Å². The van der Waals surface area contributed by atoms with Crippen molar-refractivity contribution in [3.8, 4) is 0 Å². The summed E-state index contributed by atoms with van der Waals surface area (Å²) in [6, 6.07) is 1.49. The normalized spacial score (nSPS) is 10.6. The van der Waals surface area contributed by atoms with Crippen molar-refractivity contribution in [3.63, 3.8) is 0 Å². The Morgan fingerprint density at radius 3 is 2.43 bits per heavy atom. The molecule has 76 valence electrons. The molecule has 1 aromatic carbocycles. The summed E-state index contributed by atoms with van der Waals surface area (Å²) in [5.74, 6) is -3.08. The molecule has 1 rings (SSSR count). The van der Waals surface area contributed by atoms with E-state index in [1.807, 2.05) is 0 Å². The van der Waals surface area contributed by atoms with Crippen LogP contribution in [0.2, 0.25) is 5.02 Å². The lowest BCUT2D eigenvalue weighted by atomic mass is 10.1. The summed E-state index contributed by atoms with van der Waals surface area (Å²) in [7, 11) is 0. The van der Waals surface area contributed by atoms with E-state index >= 15 is 0 Å². The number of hydrogen-bond donors (Lipinski definition) is 1. The van der Waals surface area contributed by atoms with Crippen LogP contribution < -0.4 is 0 Å². The molecule has 0 saturated carbocycles. The van der Waals surface area contributed by atoms with E-state index in [9.17, 15) is 18.0 Å². The summed E-state index contributed by atoms with van der Waals surface area (Å²) < 4.78 is 37.4. The molecule has 0 amide bonds. The van der Waals surface area contributed by atoms with E-state index < -0.39 is 29.3 Å². The Kier molecular flexibility index (Phi) is 3.00. The summed E-state index contributed by atoms with van der Waals surface area (Å²) in [6.07, 6.45) is -3.09. The fraction of sp³-hybridized carbons (Fsp3) is 0.125. The number of aromatic carboxylic acids is 1. The number of halogens is 4. The summed E-state index contributed by atoms with van der Waals surface area (Å²) in [5, 5.41) is 8.22. The van der Waals surface area contributed by atoms with Gasteiger partial charge >= 0.3 is 5.97 Å². The molecule has 0 atom stereocenters. The predicted octanol–water partition coefficient (Wildman–Crippen LogP) is 3.11. The van der Waals surface area contributed by atoms with Gasteiger partial charge in [0.2, 0.25) is 0 Å². The van der Waals surface area contributed by atoms with E-state index in [4.69, 9.17) is 16.7 Å². The number of hydrogen-bond acceptors (Lipinski definition) is 1. The minimum Gasteiger partial charge on any atom is -0.478 e. The predicted molar refractivity (Wildman–Crippen MR) is 43.3 cm³/mol. The fourth-order valence-electron chi connectivity index (χ4n) is 0.925. The first kappa shape index (κ1) is 10.8. The molecule has 14 heavy (non-hydrogen) atoms. The first-order valence-electron chi connectivity index (χ1n) is 3.44. The highest BCUT2D eigenvalue weighted by Gasteiger charge is 2.21. The number of benzene rings is 1. The summed E-state index contributed by atoms with van der Waals surface area (Å²) in [5.41, 5.74) is -1.86. The SMILES string of the molecule is O=C(O)c1cc(Cl)cc(C(F)F)c1F. The number of carbonyl (C=O) groups is 1. The molecule has 6 heteroatoms. The third-order valence-corrected chi connectivity index (χ3v) is 1.75. The van der Waals surface area contributed by atoms with Crippen molar-refractivity contribution in [2.75, 3.05) is 0 Å². The minimum absolute atomic E-state index is 0.237. The van der Waals surface area contributed by atoms with E-state index in [1.54, 1.807) is 0 Å². The van der Waals surface area contributed by atoms with Crippen molar-refractivity contribution < 1.29 is 23.1 Å². The summed E-state index contributed by atoms with van der Waals surface area (Å²) in [4.78, 5) is 10.4.